The van der Waals surface area contributed by atoms with Gasteiger partial charge >= 0.3 is 6.03 Å². The molecule has 0 aliphatic heterocycles. The number of amides is 4. The quantitative estimate of drug-likeness (QED) is 0.505. The molecule has 0 atom stereocenters. The summed E-state index contributed by atoms with van der Waals surface area (Å²) in [6.45, 7) is 5.79. The lowest BCUT2D eigenvalue weighted by Gasteiger charge is -2.29. The highest BCUT2D eigenvalue weighted by atomic mass is 16.2. The van der Waals surface area contributed by atoms with Gasteiger partial charge in [0, 0.05) is 29.0 Å². The number of carbonyl (C=O) groups is 3. The van der Waals surface area contributed by atoms with Crippen LogP contribution < -0.4 is 21.3 Å². The predicted molar refractivity (Wildman–Crippen MR) is 128 cm³/mol. The minimum absolute atomic E-state index is 0.109. The molecule has 1 fully saturated rings. The largest absolute Gasteiger partial charge is 0.351 e. The topological polar surface area (TPSA) is 99.3 Å². The Balaban J connectivity index is 1.64. The van der Waals surface area contributed by atoms with E-state index < -0.39 is 5.41 Å². The number of benzene rings is 2. The molecule has 7 heteroatoms. The van der Waals surface area contributed by atoms with E-state index in [0.717, 1.165) is 12.8 Å². The molecule has 3 rings (SSSR count). The van der Waals surface area contributed by atoms with Crippen LogP contribution in [0.1, 0.15) is 52.9 Å². The van der Waals surface area contributed by atoms with E-state index >= 15 is 0 Å². The highest BCUT2D eigenvalue weighted by Gasteiger charge is 2.43. The van der Waals surface area contributed by atoms with Crippen molar-refractivity contribution in [2.24, 2.45) is 5.41 Å². The van der Waals surface area contributed by atoms with Crippen LogP contribution in [0, 0.1) is 5.41 Å². The zero-order chi connectivity index (χ0) is 23.2. The van der Waals surface area contributed by atoms with Gasteiger partial charge in [0.1, 0.15) is 0 Å². The molecule has 170 valence electrons. The Morgan fingerprint density at radius 2 is 1.38 bits per heavy atom. The monoisotopic (exact) mass is 436 g/mol. The van der Waals surface area contributed by atoms with Gasteiger partial charge in [0.05, 0.1) is 5.41 Å². The molecular formula is C25H32N4O3. The fourth-order valence-electron chi connectivity index (χ4n) is 4.06. The van der Waals surface area contributed by atoms with E-state index in [2.05, 4.69) is 21.3 Å². The highest BCUT2D eigenvalue weighted by Crippen LogP contribution is 2.42. The molecular weight excluding hydrogens is 404 g/mol. The summed E-state index contributed by atoms with van der Waals surface area (Å²) in [5, 5.41) is 11.5. The van der Waals surface area contributed by atoms with Crippen molar-refractivity contribution in [3.63, 3.8) is 0 Å². The molecule has 2 aromatic carbocycles. The Bertz CT molecular complexity index is 961. The zero-order valence-corrected chi connectivity index (χ0v) is 19.0. The summed E-state index contributed by atoms with van der Waals surface area (Å²) in [5.74, 6) is -0.257. The standard InChI is InChI=1S/C25H32N4O3/c1-24(2,3)29-21(30)17-25(14-7-8-15-25)22(31)26-19-12-9-13-20(16-19)28-23(32)27-18-10-5-4-6-11-18/h4-6,9-13,16H,7-8,14-15,17H2,1-3H3,(H,26,31)(H,29,30)(H2,27,28,32). The van der Waals surface area contributed by atoms with Crippen LogP contribution in [-0.2, 0) is 9.59 Å². The molecule has 0 radical (unpaired) electrons. The van der Waals surface area contributed by atoms with Crippen molar-refractivity contribution in [3.8, 4) is 0 Å². The lowest BCUT2D eigenvalue weighted by molar-refractivity contribution is -0.133. The molecule has 2 aromatic rings. The summed E-state index contributed by atoms with van der Waals surface area (Å²) in [7, 11) is 0. The van der Waals surface area contributed by atoms with Crippen LogP contribution in [-0.4, -0.2) is 23.4 Å². The number of carbonyl (C=O) groups excluding carboxylic acids is 3. The number of rotatable bonds is 6. The molecule has 7 nitrogen and oxygen atoms in total. The molecule has 0 spiro atoms. The van der Waals surface area contributed by atoms with E-state index in [9.17, 15) is 14.4 Å². The summed E-state index contributed by atoms with van der Waals surface area (Å²) in [6.07, 6.45) is 3.41. The summed E-state index contributed by atoms with van der Waals surface area (Å²) in [6, 6.07) is 15.8. The molecule has 4 amide bonds. The Morgan fingerprint density at radius 1 is 0.812 bits per heavy atom. The van der Waals surface area contributed by atoms with Crippen molar-refractivity contribution in [2.45, 2.75) is 58.4 Å². The number of hydrogen-bond donors (Lipinski definition) is 4. The van der Waals surface area contributed by atoms with Gasteiger partial charge in [-0.15, -0.1) is 0 Å². The van der Waals surface area contributed by atoms with Crippen molar-refractivity contribution in [2.75, 3.05) is 16.0 Å². The maximum Gasteiger partial charge on any atom is 0.323 e. The molecule has 0 saturated heterocycles. The normalized spacial score (nSPS) is 15.0. The average molecular weight is 437 g/mol. The molecule has 0 heterocycles. The van der Waals surface area contributed by atoms with Crippen molar-refractivity contribution < 1.29 is 14.4 Å². The SMILES string of the molecule is CC(C)(C)NC(=O)CC1(C(=O)Nc2cccc(NC(=O)Nc3ccccc3)c2)CCCC1. The summed E-state index contributed by atoms with van der Waals surface area (Å²) >= 11 is 0. The third-order valence-electron chi connectivity index (χ3n) is 5.47. The number of urea groups is 1. The van der Waals surface area contributed by atoms with Crippen molar-refractivity contribution in [1.82, 2.24) is 5.32 Å². The minimum atomic E-state index is -0.705. The number of anilines is 3. The van der Waals surface area contributed by atoms with Crippen molar-refractivity contribution in [3.05, 3.63) is 54.6 Å². The van der Waals surface area contributed by atoms with Gasteiger partial charge < -0.3 is 21.3 Å². The Kier molecular flexibility index (Phi) is 7.18. The zero-order valence-electron chi connectivity index (χ0n) is 19.0. The fraction of sp³-hybridized carbons (Fsp3) is 0.400. The second-order valence-electron chi connectivity index (χ2n) is 9.44. The van der Waals surface area contributed by atoms with E-state index in [-0.39, 0.29) is 29.8 Å². The van der Waals surface area contributed by atoms with E-state index in [1.807, 2.05) is 39.0 Å². The predicted octanol–water partition coefficient (Wildman–Crippen LogP) is 5.13. The average Bonchev–Trinajstić information content (AvgIpc) is 3.17. The van der Waals surface area contributed by atoms with Crippen LogP contribution in [0.25, 0.3) is 0 Å². The summed E-state index contributed by atoms with van der Waals surface area (Å²) in [4.78, 5) is 38.0. The van der Waals surface area contributed by atoms with Gasteiger partial charge in [-0.1, -0.05) is 37.1 Å². The van der Waals surface area contributed by atoms with Crippen LogP contribution in [0.5, 0.6) is 0 Å². The lowest BCUT2D eigenvalue weighted by atomic mass is 9.81. The Hall–Kier alpha value is -3.35. The summed E-state index contributed by atoms with van der Waals surface area (Å²) < 4.78 is 0. The Morgan fingerprint density at radius 3 is 2.00 bits per heavy atom. The second-order valence-corrected chi connectivity index (χ2v) is 9.44. The molecule has 4 N–H and O–H groups in total. The fourth-order valence-corrected chi connectivity index (χ4v) is 4.06. The van der Waals surface area contributed by atoms with Gasteiger partial charge in [-0.05, 0) is 63.9 Å². The van der Waals surface area contributed by atoms with Crippen LogP contribution in [0.3, 0.4) is 0 Å². The van der Waals surface area contributed by atoms with Crippen molar-refractivity contribution >= 4 is 34.9 Å². The van der Waals surface area contributed by atoms with Gasteiger partial charge in [-0.2, -0.15) is 0 Å². The number of para-hydroxylation sites is 1. The molecule has 0 aromatic heterocycles. The van der Waals surface area contributed by atoms with Gasteiger partial charge in [-0.3, -0.25) is 9.59 Å². The smallest absolute Gasteiger partial charge is 0.323 e. The van der Waals surface area contributed by atoms with Gasteiger partial charge in [-0.25, -0.2) is 4.79 Å². The maximum absolute atomic E-state index is 13.2. The molecule has 32 heavy (non-hydrogen) atoms. The highest BCUT2D eigenvalue weighted by molar-refractivity contribution is 6.01. The first-order valence-corrected chi connectivity index (χ1v) is 11.0. The first-order chi connectivity index (χ1) is 15.2. The third kappa shape index (κ3) is 6.57. The molecule has 1 aliphatic rings. The first kappa shape index (κ1) is 23.3. The maximum atomic E-state index is 13.2. The van der Waals surface area contributed by atoms with Crippen LogP contribution >= 0.6 is 0 Å². The van der Waals surface area contributed by atoms with Gasteiger partial charge in [0.15, 0.2) is 0 Å². The summed E-state index contributed by atoms with van der Waals surface area (Å²) in [5.41, 5.74) is 0.778. The molecule has 1 aliphatic carbocycles. The van der Waals surface area contributed by atoms with Crippen LogP contribution in [0.4, 0.5) is 21.9 Å². The third-order valence-corrected chi connectivity index (χ3v) is 5.47. The van der Waals surface area contributed by atoms with E-state index in [4.69, 9.17) is 0 Å². The van der Waals surface area contributed by atoms with Crippen LogP contribution in [0.15, 0.2) is 54.6 Å². The number of hydrogen-bond acceptors (Lipinski definition) is 3. The van der Waals surface area contributed by atoms with Gasteiger partial charge in [0.2, 0.25) is 11.8 Å². The van der Waals surface area contributed by atoms with E-state index in [0.29, 0.717) is 29.9 Å². The Labute approximate surface area is 189 Å². The minimum Gasteiger partial charge on any atom is -0.351 e. The molecule has 0 unspecified atom stereocenters. The second kappa shape index (κ2) is 9.85. The molecule has 1 saturated carbocycles. The van der Waals surface area contributed by atoms with Crippen molar-refractivity contribution in [1.29, 1.82) is 0 Å². The lowest BCUT2D eigenvalue weighted by Crippen LogP contribution is -2.45. The number of nitrogens with one attached hydrogen (secondary N) is 4. The van der Waals surface area contributed by atoms with E-state index in [1.54, 1.807) is 36.4 Å². The molecule has 0 bridgehead atoms. The van der Waals surface area contributed by atoms with E-state index in [1.165, 1.54) is 0 Å². The van der Waals surface area contributed by atoms with Gasteiger partial charge in [0.25, 0.3) is 0 Å². The first-order valence-electron chi connectivity index (χ1n) is 11.0. The van der Waals surface area contributed by atoms with Crippen LogP contribution in [0.2, 0.25) is 0 Å².